The normalized spacial score (nSPS) is 14.6. The SMILES string of the molecule is CCC(C)C=CCCCl. The summed E-state index contributed by atoms with van der Waals surface area (Å²) in [7, 11) is 0. The molecule has 0 aliphatic carbocycles. The van der Waals surface area contributed by atoms with Crippen molar-refractivity contribution in [1.29, 1.82) is 0 Å². The number of hydrogen-bond donors (Lipinski definition) is 0. The lowest BCUT2D eigenvalue weighted by Crippen LogP contribution is -1.83. The molecule has 0 bridgehead atoms. The Morgan fingerprint density at radius 3 is 2.67 bits per heavy atom. The zero-order valence-electron chi connectivity index (χ0n) is 6.23. The van der Waals surface area contributed by atoms with Gasteiger partial charge in [-0.05, 0) is 12.3 Å². The third kappa shape index (κ3) is 5.91. The summed E-state index contributed by atoms with van der Waals surface area (Å²) >= 11 is 5.48. The monoisotopic (exact) mass is 146 g/mol. The molecule has 0 aliphatic rings. The average Bonchev–Trinajstić information content (AvgIpc) is 1.89. The lowest BCUT2D eigenvalue weighted by molar-refractivity contribution is 0.696. The minimum atomic E-state index is 0.716. The van der Waals surface area contributed by atoms with E-state index in [9.17, 15) is 0 Å². The maximum Gasteiger partial charge on any atom is 0.0258 e. The van der Waals surface area contributed by atoms with Gasteiger partial charge in [-0.3, -0.25) is 0 Å². The van der Waals surface area contributed by atoms with E-state index in [-0.39, 0.29) is 0 Å². The second kappa shape index (κ2) is 6.15. The fourth-order valence-electron chi connectivity index (χ4n) is 0.528. The number of alkyl halides is 1. The summed E-state index contributed by atoms with van der Waals surface area (Å²) < 4.78 is 0. The van der Waals surface area contributed by atoms with Crippen molar-refractivity contribution in [1.82, 2.24) is 0 Å². The second-order valence-corrected chi connectivity index (χ2v) is 2.67. The molecule has 0 amide bonds. The van der Waals surface area contributed by atoms with Gasteiger partial charge in [-0.15, -0.1) is 11.6 Å². The van der Waals surface area contributed by atoms with Crippen molar-refractivity contribution in [3.63, 3.8) is 0 Å². The largest absolute Gasteiger partial charge is 0.126 e. The fraction of sp³-hybridized carbons (Fsp3) is 0.750. The van der Waals surface area contributed by atoms with E-state index in [1.807, 2.05) is 0 Å². The van der Waals surface area contributed by atoms with E-state index in [2.05, 4.69) is 26.0 Å². The smallest absolute Gasteiger partial charge is 0.0258 e. The Labute approximate surface area is 62.9 Å². The van der Waals surface area contributed by atoms with Gasteiger partial charge in [0.25, 0.3) is 0 Å². The lowest BCUT2D eigenvalue weighted by atomic mass is 10.1. The van der Waals surface area contributed by atoms with E-state index >= 15 is 0 Å². The van der Waals surface area contributed by atoms with Crippen LogP contribution < -0.4 is 0 Å². The number of halogens is 1. The molecule has 0 radical (unpaired) electrons. The van der Waals surface area contributed by atoms with Crippen LogP contribution >= 0.6 is 11.6 Å². The van der Waals surface area contributed by atoms with Crippen molar-refractivity contribution in [2.45, 2.75) is 26.7 Å². The summed E-state index contributed by atoms with van der Waals surface area (Å²) in [4.78, 5) is 0. The number of rotatable bonds is 4. The van der Waals surface area contributed by atoms with Gasteiger partial charge in [-0.1, -0.05) is 32.4 Å². The fourth-order valence-corrected chi connectivity index (χ4v) is 0.654. The van der Waals surface area contributed by atoms with Gasteiger partial charge in [0.2, 0.25) is 0 Å². The summed E-state index contributed by atoms with van der Waals surface area (Å²) in [6, 6.07) is 0. The molecule has 54 valence electrons. The zero-order chi connectivity index (χ0) is 7.11. The van der Waals surface area contributed by atoms with Crippen molar-refractivity contribution in [3.8, 4) is 0 Å². The van der Waals surface area contributed by atoms with Crippen molar-refractivity contribution < 1.29 is 0 Å². The molecule has 0 aliphatic heterocycles. The van der Waals surface area contributed by atoms with Gasteiger partial charge in [-0.25, -0.2) is 0 Å². The molecule has 0 aromatic carbocycles. The standard InChI is InChI=1S/C8H15Cl/c1-3-8(2)6-4-5-7-9/h4,6,8H,3,5,7H2,1-2H3. The first-order valence-electron chi connectivity index (χ1n) is 3.53. The molecule has 0 saturated heterocycles. The maximum absolute atomic E-state index is 5.48. The molecule has 1 unspecified atom stereocenters. The Morgan fingerprint density at radius 2 is 2.22 bits per heavy atom. The van der Waals surface area contributed by atoms with Crippen LogP contribution in [0.2, 0.25) is 0 Å². The highest BCUT2D eigenvalue weighted by atomic mass is 35.5. The quantitative estimate of drug-likeness (QED) is 0.422. The van der Waals surface area contributed by atoms with Gasteiger partial charge in [0.05, 0.1) is 0 Å². The van der Waals surface area contributed by atoms with Crippen LogP contribution in [-0.4, -0.2) is 5.88 Å². The molecular formula is C8H15Cl. The van der Waals surface area contributed by atoms with Crippen LogP contribution in [0.4, 0.5) is 0 Å². The molecular weight excluding hydrogens is 132 g/mol. The minimum Gasteiger partial charge on any atom is -0.126 e. The summed E-state index contributed by atoms with van der Waals surface area (Å²) in [5.41, 5.74) is 0. The van der Waals surface area contributed by atoms with Crippen molar-refractivity contribution in [3.05, 3.63) is 12.2 Å². The minimum absolute atomic E-state index is 0.716. The van der Waals surface area contributed by atoms with Crippen LogP contribution in [0.1, 0.15) is 26.7 Å². The summed E-state index contributed by atoms with van der Waals surface area (Å²) in [5, 5.41) is 0. The molecule has 0 saturated carbocycles. The van der Waals surface area contributed by atoms with Crippen molar-refractivity contribution >= 4 is 11.6 Å². The molecule has 0 aromatic heterocycles. The first-order chi connectivity index (χ1) is 4.31. The zero-order valence-corrected chi connectivity index (χ0v) is 6.99. The van der Waals surface area contributed by atoms with Crippen molar-refractivity contribution in [2.24, 2.45) is 5.92 Å². The van der Waals surface area contributed by atoms with Gasteiger partial charge >= 0.3 is 0 Å². The third-order valence-corrected chi connectivity index (χ3v) is 1.60. The molecule has 0 spiro atoms. The Bertz CT molecular complexity index is 76.6. The molecule has 0 fully saturated rings. The predicted octanol–water partition coefficient (Wildman–Crippen LogP) is 3.22. The topological polar surface area (TPSA) is 0 Å². The van der Waals surface area contributed by atoms with Crippen LogP contribution in [0.3, 0.4) is 0 Å². The lowest BCUT2D eigenvalue weighted by Gasteiger charge is -1.97. The van der Waals surface area contributed by atoms with E-state index in [1.165, 1.54) is 6.42 Å². The van der Waals surface area contributed by atoms with Crippen LogP contribution in [0, 0.1) is 5.92 Å². The Kier molecular flexibility index (Phi) is 6.18. The van der Waals surface area contributed by atoms with Crippen LogP contribution in [-0.2, 0) is 0 Å². The van der Waals surface area contributed by atoms with E-state index in [1.54, 1.807) is 0 Å². The van der Waals surface area contributed by atoms with Gasteiger partial charge in [-0.2, -0.15) is 0 Å². The van der Waals surface area contributed by atoms with Crippen molar-refractivity contribution in [2.75, 3.05) is 5.88 Å². The molecule has 1 atom stereocenters. The summed E-state index contributed by atoms with van der Waals surface area (Å²) in [6.45, 7) is 4.40. The van der Waals surface area contributed by atoms with E-state index in [4.69, 9.17) is 11.6 Å². The van der Waals surface area contributed by atoms with E-state index in [0.29, 0.717) is 5.92 Å². The van der Waals surface area contributed by atoms with E-state index < -0.39 is 0 Å². The molecule has 0 nitrogen and oxygen atoms in total. The molecule has 0 rings (SSSR count). The highest BCUT2D eigenvalue weighted by Crippen LogP contribution is 2.02. The van der Waals surface area contributed by atoms with Gasteiger partial charge in [0, 0.05) is 5.88 Å². The molecule has 9 heavy (non-hydrogen) atoms. The predicted molar refractivity (Wildman–Crippen MR) is 43.9 cm³/mol. The first-order valence-corrected chi connectivity index (χ1v) is 4.07. The maximum atomic E-state index is 5.48. The third-order valence-electron chi connectivity index (χ3n) is 1.38. The highest BCUT2D eigenvalue weighted by Gasteiger charge is 1.88. The van der Waals surface area contributed by atoms with Crippen LogP contribution in [0.5, 0.6) is 0 Å². The molecule has 1 heteroatoms. The average molecular weight is 147 g/mol. The van der Waals surface area contributed by atoms with E-state index in [0.717, 1.165) is 12.3 Å². The van der Waals surface area contributed by atoms with Gasteiger partial charge < -0.3 is 0 Å². The summed E-state index contributed by atoms with van der Waals surface area (Å²) in [5.74, 6) is 1.46. The van der Waals surface area contributed by atoms with Gasteiger partial charge in [0.1, 0.15) is 0 Å². The molecule has 0 aromatic rings. The first kappa shape index (κ1) is 9.03. The second-order valence-electron chi connectivity index (χ2n) is 2.29. The molecule has 0 heterocycles. The summed E-state index contributed by atoms with van der Waals surface area (Å²) in [6.07, 6.45) is 6.61. The number of hydrogen-bond acceptors (Lipinski definition) is 0. The van der Waals surface area contributed by atoms with Crippen LogP contribution in [0.25, 0.3) is 0 Å². The Hall–Kier alpha value is 0.0300. The Morgan fingerprint density at radius 1 is 1.56 bits per heavy atom. The number of allylic oxidation sites excluding steroid dienone is 2. The van der Waals surface area contributed by atoms with Gasteiger partial charge in [0.15, 0.2) is 0 Å². The Balaban J connectivity index is 3.20. The van der Waals surface area contributed by atoms with Crippen LogP contribution in [0.15, 0.2) is 12.2 Å². The highest BCUT2D eigenvalue weighted by molar-refractivity contribution is 6.17. The molecule has 0 N–H and O–H groups in total.